The molecule has 0 fully saturated rings. The second-order valence-corrected chi connectivity index (χ2v) is 7.53. The highest BCUT2D eigenvalue weighted by molar-refractivity contribution is 7.92. The minimum atomic E-state index is -3.62. The topological polar surface area (TPSA) is 63.4 Å². The predicted octanol–water partition coefficient (Wildman–Crippen LogP) is 4.17. The molecule has 0 atom stereocenters. The first kappa shape index (κ1) is 17.2. The Morgan fingerprint density at radius 2 is 1.64 bits per heavy atom. The van der Waals surface area contributed by atoms with Crippen LogP contribution in [0.1, 0.15) is 18.6 Å². The van der Waals surface area contributed by atoms with E-state index in [1.807, 2.05) is 32.0 Å². The van der Waals surface area contributed by atoms with Crippen LogP contribution in [-0.4, -0.2) is 19.9 Å². The molecular weight excluding hydrogens is 336 g/mol. The van der Waals surface area contributed by atoms with Crippen LogP contribution in [0.5, 0.6) is 0 Å². The molecule has 1 heterocycles. The molecule has 5 nitrogen and oxygen atoms in total. The molecule has 0 saturated heterocycles. The van der Waals surface area contributed by atoms with Gasteiger partial charge in [-0.1, -0.05) is 30.3 Å². The SMILES string of the molecule is CCN(c1ccccc1)S(=O)(=O)c1ccc(-c2nc(C)oc2C)cc1. The van der Waals surface area contributed by atoms with Crippen molar-refractivity contribution in [3.63, 3.8) is 0 Å². The number of aryl methyl sites for hydroxylation is 2. The molecule has 130 valence electrons. The van der Waals surface area contributed by atoms with Gasteiger partial charge in [0.1, 0.15) is 11.5 Å². The van der Waals surface area contributed by atoms with Crippen LogP contribution < -0.4 is 4.31 Å². The molecule has 3 rings (SSSR count). The van der Waals surface area contributed by atoms with E-state index >= 15 is 0 Å². The molecule has 0 radical (unpaired) electrons. The first-order valence-corrected chi connectivity index (χ1v) is 9.49. The van der Waals surface area contributed by atoms with Crippen molar-refractivity contribution in [1.82, 2.24) is 4.98 Å². The fraction of sp³-hybridized carbons (Fsp3) is 0.211. The number of oxazole rings is 1. The summed E-state index contributed by atoms with van der Waals surface area (Å²) in [6, 6.07) is 15.8. The van der Waals surface area contributed by atoms with E-state index in [2.05, 4.69) is 4.98 Å². The Kier molecular flexibility index (Phi) is 4.63. The van der Waals surface area contributed by atoms with E-state index in [-0.39, 0.29) is 4.90 Å². The quantitative estimate of drug-likeness (QED) is 0.688. The third-order valence-corrected chi connectivity index (χ3v) is 5.87. The van der Waals surface area contributed by atoms with Gasteiger partial charge in [-0.2, -0.15) is 0 Å². The van der Waals surface area contributed by atoms with Crippen LogP contribution in [0, 0.1) is 13.8 Å². The second-order valence-electron chi connectivity index (χ2n) is 5.67. The largest absolute Gasteiger partial charge is 0.446 e. The number of anilines is 1. The highest BCUT2D eigenvalue weighted by Gasteiger charge is 2.23. The molecule has 0 aliphatic heterocycles. The minimum absolute atomic E-state index is 0.250. The lowest BCUT2D eigenvalue weighted by molar-refractivity contribution is 0.495. The van der Waals surface area contributed by atoms with Crippen LogP contribution in [0.3, 0.4) is 0 Å². The number of nitrogens with zero attached hydrogens (tertiary/aromatic N) is 2. The lowest BCUT2D eigenvalue weighted by atomic mass is 10.1. The van der Waals surface area contributed by atoms with E-state index in [1.54, 1.807) is 43.3 Å². The zero-order valence-corrected chi connectivity index (χ0v) is 15.2. The smallest absolute Gasteiger partial charge is 0.264 e. The molecule has 1 aromatic heterocycles. The first-order chi connectivity index (χ1) is 11.9. The van der Waals surface area contributed by atoms with Gasteiger partial charge >= 0.3 is 0 Å². The van der Waals surface area contributed by atoms with Gasteiger partial charge in [0.2, 0.25) is 0 Å². The number of sulfonamides is 1. The summed E-state index contributed by atoms with van der Waals surface area (Å²) in [6.07, 6.45) is 0. The molecule has 0 aliphatic rings. The van der Waals surface area contributed by atoms with E-state index in [0.29, 0.717) is 23.9 Å². The van der Waals surface area contributed by atoms with Crippen LogP contribution >= 0.6 is 0 Å². The molecular formula is C19H20N2O3S. The maximum absolute atomic E-state index is 13.0. The summed E-state index contributed by atoms with van der Waals surface area (Å²) in [5, 5.41) is 0. The fourth-order valence-electron chi connectivity index (χ4n) is 2.79. The van der Waals surface area contributed by atoms with Gasteiger partial charge in [-0.15, -0.1) is 0 Å². The van der Waals surface area contributed by atoms with Crippen LogP contribution in [0.4, 0.5) is 5.69 Å². The highest BCUT2D eigenvalue weighted by Crippen LogP contribution is 2.27. The van der Waals surface area contributed by atoms with Crippen molar-refractivity contribution in [2.75, 3.05) is 10.8 Å². The Bertz CT molecular complexity index is 962. The molecule has 0 unspecified atom stereocenters. The number of para-hydroxylation sites is 1. The standard InChI is InChI=1S/C19H20N2O3S/c1-4-21(17-8-6-5-7-9-17)25(22,23)18-12-10-16(11-13-18)19-14(2)24-15(3)20-19/h5-13H,4H2,1-3H3. The molecule has 6 heteroatoms. The number of hydrogen-bond acceptors (Lipinski definition) is 4. The Labute approximate surface area is 148 Å². The lowest BCUT2D eigenvalue weighted by Gasteiger charge is -2.23. The van der Waals surface area contributed by atoms with Gasteiger partial charge in [-0.3, -0.25) is 4.31 Å². The van der Waals surface area contributed by atoms with Crippen molar-refractivity contribution in [3.8, 4) is 11.3 Å². The molecule has 0 saturated carbocycles. The van der Waals surface area contributed by atoms with Crippen LogP contribution in [0.15, 0.2) is 63.9 Å². The summed E-state index contributed by atoms with van der Waals surface area (Å²) in [5.41, 5.74) is 2.21. The van der Waals surface area contributed by atoms with Gasteiger partial charge < -0.3 is 4.42 Å². The van der Waals surface area contributed by atoms with Gasteiger partial charge in [0.15, 0.2) is 5.89 Å². The van der Waals surface area contributed by atoms with Crippen molar-refractivity contribution >= 4 is 15.7 Å². The Hall–Kier alpha value is -2.60. The zero-order chi connectivity index (χ0) is 18.0. The van der Waals surface area contributed by atoms with Crippen LogP contribution in [-0.2, 0) is 10.0 Å². The maximum Gasteiger partial charge on any atom is 0.264 e. The highest BCUT2D eigenvalue weighted by atomic mass is 32.2. The van der Waals surface area contributed by atoms with Gasteiger partial charge in [-0.25, -0.2) is 13.4 Å². The third-order valence-electron chi connectivity index (χ3n) is 3.95. The fourth-order valence-corrected chi connectivity index (χ4v) is 4.27. The number of hydrogen-bond donors (Lipinski definition) is 0. The summed E-state index contributed by atoms with van der Waals surface area (Å²) in [5.74, 6) is 1.30. The molecule has 0 spiro atoms. The minimum Gasteiger partial charge on any atom is -0.446 e. The molecule has 25 heavy (non-hydrogen) atoms. The number of aromatic nitrogens is 1. The molecule has 0 aliphatic carbocycles. The first-order valence-electron chi connectivity index (χ1n) is 8.05. The van der Waals surface area contributed by atoms with Gasteiger partial charge in [0, 0.05) is 19.0 Å². The van der Waals surface area contributed by atoms with Crippen molar-refractivity contribution < 1.29 is 12.8 Å². The monoisotopic (exact) mass is 356 g/mol. The van der Waals surface area contributed by atoms with Crippen molar-refractivity contribution in [2.45, 2.75) is 25.7 Å². The van der Waals surface area contributed by atoms with E-state index in [9.17, 15) is 8.42 Å². The van der Waals surface area contributed by atoms with Gasteiger partial charge in [0.05, 0.1) is 10.6 Å². The average molecular weight is 356 g/mol. The average Bonchev–Trinajstić information content (AvgIpc) is 2.95. The van der Waals surface area contributed by atoms with Crippen molar-refractivity contribution in [3.05, 3.63) is 66.2 Å². The summed E-state index contributed by atoms with van der Waals surface area (Å²) in [6.45, 7) is 5.80. The molecule has 2 aromatic carbocycles. The summed E-state index contributed by atoms with van der Waals surface area (Å²) in [7, 11) is -3.62. The molecule has 0 N–H and O–H groups in total. The molecule has 3 aromatic rings. The van der Waals surface area contributed by atoms with E-state index in [4.69, 9.17) is 4.42 Å². The van der Waals surface area contributed by atoms with E-state index < -0.39 is 10.0 Å². The van der Waals surface area contributed by atoms with E-state index in [0.717, 1.165) is 11.3 Å². The molecule has 0 bridgehead atoms. The maximum atomic E-state index is 13.0. The number of benzene rings is 2. The van der Waals surface area contributed by atoms with Gasteiger partial charge in [0.25, 0.3) is 10.0 Å². The van der Waals surface area contributed by atoms with E-state index in [1.165, 1.54) is 4.31 Å². The lowest BCUT2D eigenvalue weighted by Crippen LogP contribution is -2.30. The van der Waals surface area contributed by atoms with Crippen molar-refractivity contribution in [2.24, 2.45) is 0 Å². The van der Waals surface area contributed by atoms with Crippen molar-refractivity contribution in [1.29, 1.82) is 0 Å². The Balaban J connectivity index is 1.97. The summed E-state index contributed by atoms with van der Waals surface area (Å²) >= 11 is 0. The third kappa shape index (κ3) is 3.30. The Morgan fingerprint density at radius 1 is 1.00 bits per heavy atom. The predicted molar refractivity (Wildman–Crippen MR) is 98.1 cm³/mol. The number of rotatable bonds is 5. The second kappa shape index (κ2) is 6.72. The van der Waals surface area contributed by atoms with Gasteiger partial charge in [-0.05, 0) is 38.1 Å². The van der Waals surface area contributed by atoms with Crippen LogP contribution in [0.25, 0.3) is 11.3 Å². The molecule has 0 amide bonds. The summed E-state index contributed by atoms with van der Waals surface area (Å²) in [4.78, 5) is 4.59. The summed E-state index contributed by atoms with van der Waals surface area (Å²) < 4.78 is 32.8. The zero-order valence-electron chi connectivity index (χ0n) is 14.4. The van der Waals surface area contributed by atoms with Crippen LogP contribution in [0.2, 0.25) is 0 Å². The Morgan fingerprint density at radius 3 is 2.16 bits per heavy atom. The normalized spacial score (nSPS) is 11.5.